The van der Waals surface area contributed by atoms with Gasteiger partial charge in [0.1, 0.15) is 5.82 Å². The van der Waals surface area contributed by atoms with Crippen molar-refractivity contribution in [3.63, 3.8) is 0 Å². The Morgan fingerprint density at radius 1 is 0.892 bits per heavy atom. The maximum atomic E-state index is 13.8. The molecular weight excluding hydrogens is 458 g/mol. The highest BCUT2D eigenvalue weighted by Crippen LogP contribution is 2.38. The summed E-state index contributed by atoms with van der Waals surface area (Å²) in [6.45, 7) is 3.04. The van der Waals surface area contributed by atoms with E-state index in [1.807, 2.05) is 77.2 Å². The third kappa shape index (κ3) is 4.31. The quantitative estimate of drug-likeness (QED) is 0.339. The van der Waals surface area contributed by atoms with Gasteiger partial charge in [0.25, 0.3) is 0 Å². The first-order valence-corrected chi connectivity index (χ1v) is 12.7. The molecule has 0 unspecified atom stereocenters. The topological polar surface area (TPSA) is 55.1 Å². The van der Waals surface area contributed by atoms with E-state index < -0.39 is 0 Å². The van der Waals surface area contributed by atoms with Gasteiger partial charge in [-0.25, -0.2) is 9.48 Å². The number of benzene rings is 3. The zero-order chi connectivity index (χ0) is 25.2. The minimum Gasteiger partial charge on any atom is -0.338 e. The fourth-order valence-electron chi connectivity index (χ4n) is 5.20. The van der Waals surface area contributed by atoms with Crippen LogP contribution in [0.5, 0.6) is 0 Å². The summed E-state index contributed by atoms with van der Waals surface area (Å²) in [6, 6.07) is 34.5. The number of rotatable bonds is 5. The van der Waals surface area contributed by atoms with Gasteiger partial charge in [-0.05, 0) is 48.7 Å². The molecule has 0 bridgehead atoms. The first kappa shape index (κ1) is 22.9. The number of aromatic nitrogens is 3. The number of aryl methyl sites for hydroxylation is 1. The molecule has 3 aromatic carbocycles. The molecule has 1 aliphatic rings. The van der Waals surface area contributed by atoms with Crippen LogP contribution in [0.3, 0.4) is 0 Å². The number of carbonyl (C=O) groups excluding carboxylic acids is 1. The van der Waals surface area contributed by atoms with E-state index in [0.29, 0.717) is 13.1 Å². The van der Waals surface area contributed by atoms with Crippen molar-refractivity contribution in [1.82, 2.24) is 24.6 Å². The fourth-order valence-corrected chi connectivity index (χ4v) is 5.20. The second-order valence-corrected chi connectivity index (χ2v) is 9.35. The maximum Gasteiger partial charge on any atom is 0.318 e. The van der Waals surface area contributed by atoms with Crippen molar-refractivity contribution in [3.05, 3.63) is 137 Å². The standard InChI is InChI=1S/C31H29N5O/c1-23-27-22-35(31(37)32-20-19-24-12-5-2-6-13-24)29(25-14-7-3-8-15-25)28-18-11-21-34(28)30(27)36(33-23)26-16-9-4-10-17-26/h2-18,21,29H,19-20,22H2,1H3,(H,32,37)/t29-/m0/s1. The van der Waals surface area contributed by atoms with Crippen LogP contribution in [0, 0.1) is 6.92 Å². The second kappa shape index (κ2) is 9.82. The summed E-state index contributed by atoms with van der Waals surface area (Å²) in [4.78, 5) is 15.8. The van der Waals surface area contributed by atoms with Gasteiger partial charge in [0.2, 0.25) is 0 Å². The molecule has 0 spiro atoms. The van der Waals surface area contributed by atoms with Crippen LogP contribution >= 0.6 is 0 Å². The number of nitrogens with one attached hydrogen (secondary N) is 1. The van der Waals surface area contributed by atoms with E-state index in [2.05, 4.69) is 58.5 Å². The average molecular weight is 488 g/mol. The van der Waals surface area contributed by atoms with Crippen LogP contribution in [0.2, 0.25) is 0 Å². The Morgan fingerprint density at radius 3 is 2.30 bits per heavy atom. The highest BCUT2D eigenvalue weighted by Gasteiger charge is 2.35. The number of urea groups is 1. The number of nitrogens with zero attached hydrogens (tertiary/aromatic N) is 4. The summed E-state index contributed by atoms with van der Waals surface area (Å²) in [5.74, 6) is 0.976. The number of hydrogen-bond donors (Lipinski definition) is 1. The van der Waals surface area contributed by atoms with Crippen LogP contribution in [0.25, 0.3) is 11.5 Å². The van der Waals surface area contributed by atoms with Gasteiger partial charge in [-0.1, -0.05) is 78.9 Å². The molecule has 1 N–H and O–H groups in total. The third-order valence-corrected chi connectivity index (χ3v) is 7.00. The minimum atomic E-state index is -0.246. The summed E-state index contributed by atoms with van der Waals surface area (Å²) in [5, 5.41) is 8.10. The van der Waals surface area contributed by atoms with Crippen LogP contribution in [0.1, 0.15) is 34.1 Å². The lowest BCUT2D eigenvalue weighted by molar-refractivity contribution is 0.180. The highest BCUT2D eigenvalue weighted by atomic mass is 16.2. The Balaban J connectivity index is 1.42. The lowest BCUT2D eigenvalue weighted by atomic mass is 10.0. The predicted molar refractivity (Wildman–Crippen MR) is 145 cm³/mol. The lowest BCUT2D eigenvalue weighted by Crippen LogP contribution is -2.42. The minimum absolute atomic E-state index is 0.0859. The molecule has 1 aliphatic heterocycles. The molecule has 2 amide bonds. The molecule has 6 nitrogen and oxygen atoms in total. The first-order valence-electron chi connectivity index (χ1n) is 12.7. The van der Waals surface area contributed by atoms with Crippen molar-refractivity contribution in [3.8, 4) is 11.5 Å². The lowest BCUT2D eigenvalue weighted by Gasteiger charge is -2.31. The second-order valence-electron chi connectivity index (χ2n) is 9.35. The smallest absolute Gasteiger partial charge is 0.318 e. The number of para-hydroxylation sites is 1. The number of amides is 2. The van der Waals surface area contributed by atoms with Crippen molar-refractivity contribution in [2.75, 3.05) is 6.54 Å². The van der Waals surface area contributed by atoms with Crippen LogP contribution in [-0.4, -0.2) is 31.8 Å². The number of carbonyl (C=O) groups is 1. The SMILES string of the molecule is Cc1nn(-c2ccccc2)c2c1CN(C(=O)NCCc1ccccc1)[C@@H](c1ccccc1)c1cccn1-2. The van der Waals surface area contributed by atoms with Crippen LogP contribution < -0.4 is 5.32 Å². The summed E-state index contributed by atoms with van der Waals surface area (Å²) in [7, 11) is 0. The Labute approximate surface area is 216 Å². The van der Waals surface area contributed by atoms with Gasteiger partial charge in [-0.15, -0.1) is 0 Å². The molecule has 0 saturated heterocycles. The third-order valence-electron chi connectivity index (χ3n) is 7.00. The maximum absolute atomic E-state index is 13.8. The van der Waals surface area contributed by atoms with Crippen LogP contribution in [0.15, 0.2) is 109 Å². The fraction of sp³-hybridized carbons (Fsp3) is 0.161. The molecule has 184 valence electrons. The molecule has 0 aliphatic carbocycles. The van der Waals surface area contributed by atoms with Crippen molar-refractivity contribution in [1.29, 1.82) is 0 Å². The molecular formula is C31H29N5O. The molecule has 5 aromatic rings. The largest absolute Gasteiger partial charge is 0.338 e. The van der Waals surface area contributed by atoms with Gasteiger partial charge in [0.15, 0.2) is 0 Å². The van der Waals surface area contributed by atoms with Gasteiger partial charge >= 0.3 is 6.03 Å². The van der Waals surface area contributed by atoms with Crippen molar-refractivity contribution in [2.24, 2.45) is 0 Å². The highest BCUT2D eigenvalue weighted by molar-refractivity contribution is 5.76. The molecule has 0 radical (unpaired) electrons. The summed E-state index contributed by atoms with van der Waals surface area (Å²) < 4.78 is 4.18. The van der Waals surface area contributed by atoms with Crippen LogP contribution in [-0.2, 0) is 13.0 Å². The summed E-state index contributed by atoms with van der Waals surface area (Å²) >= 11 is 0. The molecule has 2 aromatic heterocycles. The molecule has 37 heavy (non-hydrogen) atoms. The molecule has 6 heteroatoms. The van der Waals surface area contributed by atoms with E-state index in [-0.39, 0.29) is 12.1 Å². The van der Waals surface area contributed by atoms with Crippen molar-refractivity contribution >= 4 is 6.03 Å². The van der Waals surface area contributed by atoms with Gasteiger partial charge in [-0.3, -0.25) is 0 Å². The Kier molecular flexibility index (Phi) is 6.06. The van der Waals surface area contributed by atoms with Gasteiger partial charge in [-0.2, -0.15) is 5.10 Å². The van der Waals surface area contributed by atoms with Crippen LogP contribution in [0.4, 0.5) is 4.79 Å². The monoisotopic (exact) mass is 487 g/mol. The molecule has 1 atom stereocenters. The van der Waals surface area contributed by atoms with Crippen molar-refractivity contribution < 1.29 is 4.79 Å². The van der Waals surface area contributed by atoms with E-state index in [0.717, 1.165) is 40.4 Å². The molecule has 0 saturated carbocycles. The zero-order valence-electron chi connectivity index (χ0n) is 20.8. The Hall–Kier alpha value is -4.58. The van der Waals surface area contributed by atoms with E-state index in [1.54, 1.807) is 0 Å². The van der Waals surface area contributed by atoms with Gasteiger partial charge in [0, 0.05) is 18.3 Å². The normalized spacial score (nSPS) is 14.5. The summed E-state index contributed by atoms with van der Waals surface area (Å²) in [5.41, 5.74) is 6.24. The first-order chi connectivity index (χ1) is 18.2. The van der Waals surface area contributed by atoms with Gasteiger partial charge in [0.05, 0.1) is 29.7 Å². The Bertz CT molecular complexity index is 1510. The van der Waals surface area contributed by atoms with E-state index in [9.17, 15) is 4.79 Å². The average Bonchev–Trinajstić information content (AvgIpc) is 3.50. The molecule has 6 rings (SSSR count). The van der Waals surface area contributed by atoms with E-state index >= 15 is 0 Å². The molecule has 0 fully saturated rings. The van der Waals surface area contributed by atoms with Crippen molar-refractivity contribution in [2.45, 2.75) is 25.9 Å². The number of fused-ring (bicyclic) bond motifs is 3. The van der Waals surface area contributed by atoms with Gasteiger partial charge < -0.3 is 14.8 Å². The zero-order valence-corrected chi connectivity index (χ0v) is 20.8. The van der Waals surface area contributed by atoms with E-state index in [4.69, 9.17) is 5.10 Å². The number of hydrogen-bond acceptors (Lipinski definition) is 2. The summed E-state index contributed by atoms with van der Waals surface area (Å²) in [6.07, 6.45) is 2.85. The predicted octanol–water partition coefficient (Wildman–Crippen LogP) is 5.83. The van der Waals surface area contributed by atoms with E-state index in [1.165, 1.54) is 5.56 Å². The molecule has 3 heterocycles. The Morgan fingerprint density at radius 2 is 1.57 bits per heavy atom.